The fraction of sp³-hybridized carbons (Fsp3) is 0.450. The lowest BCUT2D eigenvalue weighted by molar-refractivity contribution is -0.137. The Morgan fingerprint density at radius 2 is 2.09 bits per heavy atom. The van der Waals surface area contributed by atoms with Crippen LogP contribution in [0.4, 0.5) is 4.79 Å². The minimum Gasteiger partial charge on any atom is -0.484 e. The van der Waals surface area contributed by atoms with Gasteiger partial charge in [0.2, 0.25) is 5.91 Å². The van der Waals surface area contributed by atoms with E-state index in [4.69, 9.17) is 16.3 Å². The van der Waals surface area contributed by atoms with Crippen molar-refractivity contribution in [3.05, 3.63) is 35.1 Å². The van der Waals surface area contributed by atoms with Crippen LogP contribution >= 0.6 is 23.4 Å². The maximum absolute atomic E-state index is 12.4. The summed E-state index contributed by atoms with van der Waals surface area (Å²) in [6.45, 7) is 3.60. The van der Waals surface area contributed by atoms with Crippen molar-refractivity contribution < 1.29 is 19.1 Å². The standard InChI is InChI=1S/C20H23ClN6O4S/c1-3-20(2)17(29)27(18(30)22-20)25-16(28)11-32-19-24-23-15(26(19)12-8-9-12)10-31-14-7-5-4-6-13(14)21/h4-7,12H,3,8-11H2,1-2H3,(H,22,30)(H,25,28). The highest BCUT2D eigenvalue weighted by molar-refractivity contribution is 7.99. The predicted octanol–water partition coefficient (Wildman–Crippen LogP) is 2.69. The zero-order valence-corrected chi connectivity index (χ0v) is 19.2. The number of amides is 4. The summed E-state index contributed by atoms with van der Waals surface area (Å²) in [5, 5.41) is 12.8. The summed E-state index contributed by atoms with van der Waals surface area (Å²) in [4.78, 5) is 36.9. The zero-order chi connectivity index (χ0) is 22.9. The van der Waals surface area contributed by atoms with E-state index in [1.165, 1.54) is 11.8 Å². The molecule has 2 aliphatic rings. The molecule has 32 heavy (non-hydrogen) atoms. The van der Waals surface area contributed by atoms with E-state index in [2.05, 4.69) is 20.9 Å². The molecule has 1 aromatic carbocycles. The average Bonchev–Trinajstić information content (AvgIpc) is 3.50. The molecule has 4 amide bonds. The molecular formula is C20H23ClN6O4S. The molecule has 12 heteroatoms. The van der Waals surface area contributed by atoms with Crippen LogP contribution in [0.5, 0.6) is 5.75 Å². The molecule has 10 nitrogen and oxygen atoms in total. The number of hydrogen-bond acceptors (Lipinski definition) is 7. The number of nitrogens with zero attached hydrogens (tertiary/aromatic N) is 4. The molecule has 4 rings (SSSR count). The maximum atomic E-state index is 12.4. The van der Waals surface area contributed by atoms with Crippen molar-refractivity contribution in [3.63, 3.8) is 0 Å². The number of imide groups is 1. The van der Waals surface area contributed by atoms with Crippen molar-refractivity contribution in [1.29, 1.82) is 0 Å². The lowest BCUT2D eigenvalue weighted by Gasteiger charge is -2.19. The number of rotatable bonds is 9. The van der Waals surface area contributed by atoms with Gasteiger partial charge in [0.05, 0.1) is 10.8 Å². The first-order valence-corrected chi connectivity index (χ1v) is 11.6. The van der Waals surface area contributed by atoms with Crippen LogP contribution in [0, 0.1) is 0 Å². The molecule has 2 aromatic rings. The van der Waals surface area contributed by atoms with Crippen LogP contribution in [-0.4, -0.2) is 48.9 Å². The Labute approximate surface area is 194 Å². The monoisotopic (exact) mass is 478 g/mol. The molecule has 1 aliphatic heterocycles. The van der Waals surface area contributed by atoms with E-state index in [1.54, 1.807) is 26.0 Å². The number of hydrazine groups is 1. The third kappa shape index (κ3) is 4.53. The molecule has 2 N–H and O–H groups in total. The number of thioether (sulfide) groups is 1. The summed E-state index contributed by atoms with van der Waals surface area (Å²) >= 11 is 7.33. The summed E-state index contributed by atoms with van der Waals surface area (Å²) < 4.78 is 7.76. The Morgan fingerprint density at radius 1 is 1.34 bits per heavy atom. The molecule has 1 saturated heterocycles. The van der Waals surface area contributed by atoms with Gasteiger partial charge in [-0.05, 0) is 38.3 Å². The molecule has 1 saturated carbocycles. The van der Waals surface area contributed by atoms with Crippen molar-refractivity contribution in [1.82, 2.24) is 30.5 Å². The minimum atomic E-state index is -1.01. The second-order valence-corrected chi connectivity index (χ2v) is 9.15. The van der Waals surface area contributed by atoms with Crippen molar-refractivity contribution in [3.8, 4) is 5.75 Å². The molecule has 1 atom stereocenters. The molecule has 0 bridgehead atoms. The molecule has 1 aromatic heterocycles. The maximum Gasteiger partial charge on any atom is 0.344 e. The van der Waals surface area contributed by atoms with E-state index in [-0.39, 0.29) is 18.4 Å². The molecule has 1 aliphatic carbocycles. The number of nitrogens with one attached hydrogen (secondary N) is 2. The first-order chi connectivity index (χ1) is 15.3. The SMILES string of the molecule is CCC1(C)NC(=O)N(NC(=O)CSc2nnc(COc3ccccc3Cl)n2C2CC2)C1=O. The van der Waals surface area contributed by atoms with E-state index in [1.807, 2.05) is 16.7 Å². The van der Waals surface area contributed by atoms with Gasteiger partial charge >= 0.3 is 6.03 Å². The molecular weight excluding hydrogens is 456 g/mol. The Morgan fingerprint density at radius 3 is 2.75 bits per heavy atom. The number of carbonyl (C=O) groups is 3. The zero-order valence-electron chi connectivity index (χ0n) is 17.6. The number of benzene rings is 1. The van der Waals surface area contributed by atoms with E-state index in [0.717, 1.165) is 17.9 Å². The van der Waals surface area contributed by atoms with Gasteiger partial charge < -0.3 is 10.1 Å². The first-order valence-electron chi connectivity index (χ1n) is 10.2. The lowest BCUT2D eigenvalue weighted by Crippen LogP contribution is -2.49. The molecule has 170 valence electrons. The number of carbonyl (C=O) groups excluding carboxylic acids is 3. The average molecular weight is 479 g/mol. The second-order valence-electron chi connectivity index (χ2n) is 7.80. The number of para-hydroxylation sites is 1. The van der Waals surface area contributed by atoms with Crippen molar-refractivity contribution in [2.45, 2.75) is 56.5 Å². The molecule has 2 heterocycles. The third-order valence-electron chi connectivity index (χ3n) is 5.38. The van der Waals surface area contributed by atoms with Crippen LogP contribution in [0.2, 0.25) is 5.02 Å². The fourth-order valence-corrected chi connectivity index (χ4v) is 4.23. The Bertz CT molecular complexity index is 1060. The smallest absolute Gasteiger partial charge is 0.344 e. The van der Waals surface area contributed by atoms with Gasteiger partial charge in [0, 0.05) is 6.04 Å². The summed E-state index contributed by atoms with van der Waals surface area (Å²) in [6, 6.07) is 6.80. The van der Waals surface area contributed by atoms with E-state index < -0.39 is 23.4 Å². The molecule has 0 radical (unpaired) electrons. The summed E-state index contributed by atoms with van der Waals surface area (Å²) in [5.41, 5.74) is 1.36. The van der Waals surface area contributed by atoms with E-state index >= 15 is 0 Å². The topological polar surface area (TPSA) is 118 Å². The number of urea groups is 1. The van der Waals surface area contributed by atoms with Crippen molar-refractivity contribution >= 4 is 41.2 Å². The Balaban J connectivity index is 1.37. The summed E-state index contributed by atoms with van der Waals surface area (Å²) in [6.07, 6.45) is 2.41. The molecule has 0 spiro atoms. The summed E-state index contributed by atoms with van der Waals surface area (Å²) in [5.74, 6) is 0.196. The second kappa shape index (κ2) is 8.99. The molecule has 2 fully saturated rings. The highest BCUT2D eigenvalue weighted by atomic mass is 35.5. The van der Waals surface area contributed by atoms with Gasteiger partial charge in [-0.2, -0.15) is 5.01 Å². The lowest BCUT2D eigenvalue weighted by atomic mass is 10.00. The van der Waals surface area contributed by atoms with E-state index in [0.29, 0.717) is 28.2 Å². The van der Waals surface area contributed by atoms with Crippen LogP contribution in [-0.2, 0) is 16.2 Å². The predicted molar refractivity (Wildman–Crippen MR) is 117 cm³/mol. The fourth-order valence-electron chi connectivity index (χ4n) is 3.22. The van der Waals surface area contributed by atoms with Gasteiger partial charge in [-0.1, -0.05) is 42.4 Å². The first kappa shape index (κ1) is 22.4. The van der Waals surface area contributed by atoms with E-state index in [9.17, 15) is 14.4 Å². The number of aromatic nitrogens is 3. The number of halogens is 1. The van der Waals surface area contributed by atoms with Crippen LogP contribution in [0.15, 0.2) is 29.4 Å². The van der Waals surface area contributed by atoms with Gasteiger partial charge in [0.25, 0.3) is 5.91 Å². The number of ether oxygens (including phenoxy) is 1. The van der Waals surface area contributed by atoms with Crippen LogP contribution in [0.25, 0.3) is 0 Å². The quantitative estimate of drug-likeness (QED) is 0.420. The van der Waals surface area contributed by atoms with Gasteiger partial charge in [-0.15, -0.1) is 10.2 Å². The van der Waals surface area contributed by atoms with Crippen molar-refractivity contribution in [2.24, 2.45) is 0 Å². The van der Waals surface area contributed by atoms with Crippen LogP contribution in [0.1, 0.15) is 45.0 Å². The van der Waals surface area contributed by atoms with Crippen molar-refractivity contribution in [2.75, 3.05) is 5.75 Å². The highest BCUT2D eigenvalue weighted by Crippen LogP contribution is 2.39. The Kier molecular flexibility index (Phi) is 6.29. The van der Waals surface area contributed by atoms with Gasteiger partial charge in [-0.25, -0.2) is 4.79 Å². The minimum absolute atomic E-state index is 0.0316. The van der Waals surface area contributed by atoms with Gasteiger partial charge in [0.15, 0.2) is 11.0 Å². The van der Waals surface area contributed by atoms with Gasteiger partial charge in [0.1, 0.15) is 17.9 Å². The highest BCUT2D eigenvalue weighted by Gasteiger charge is 2.47. The normalized spacial score (nSPS) is 20.4. The van der Waals surface area contributed by atoms with Crippen LogP contribution < -0.4 is 15.5 Å². The van der Waals surface area contributed by atoms with Crippen LogP contribution in [0.3, 0.4) is 0 Å². The summed E-state index contributed by atoms with van der Waals surface area (Å²) in [7, 11) is 0. The molecule has 1 unspecified atom stereocenters. The Hall–Kier alpha value is -2.79. The van der Waals surface area contributed by atoms with Gasteiger partial charge in [-0.3, -0.25) is 19.6 Å². The third-order valence-corrected chi connectivity index (χ3v) is 6.63. The largest absolute Gasteiger partial charge is 0.484 e. The number of hydrogen-bond donors (Lipinski definition) is 2.